The highest BCUT2D eigenvalue weighted by molar-refractivity contribution is 5.20. The summed E-state index contributed by atoms with van der Waals surface area (Å²) in [5.74, 6) is -0.197. The SMILES string of the molecule is CCNCC(OC1CCOCC1)c1ccccc1F. The van der Waals surface area contributed by atoms with E-state index >= 15 is 0 Å². The maximum Gasteiger partial charge on any atom is 0.129 e. The molecule has 0 radical (unpaired) electrons. The Morgan fingerprint density at radius 2 is 2.11 bits per heavy atom. The summed E-state index contributed by atoms with van der Waals surface area (Å²) < 4.78 is 25.3. The van der Waals surface area contributed by atoms with Crippen molar-refractivity contribution in [1.29, 1.82) is 0 Å². The van der Waals surface area contributed by atoms with Gasteiger partial charge in [-0.25, -0.2) is 4.39 Å². The van der Waals surface area contributed by atoms with E-state index < -0.39 is 0 Å². The van der Waals surface area contributed by atoms with E-state index in [9.17, 15) is 4.39 Å². The molecule has 1 aliphatic heterocycles. The van der Waals surface area contributed by atoms with E-state index in [1.54, 1.807) is 12.1 Å². The van der Waals surface area contributed by atoms with Gasteiger partial charge in [0.2, 0.25) is 0 Å². The van der Waals surface area contributed by atoms with Crippen LogP contribution in [0.1, 0.15) is 31.4 Å². The summed E-state index contributed by atoms with van der Waals surface area (Å²) in [5.41, 5.74) is 0.634. The first-order valence-corrected chi connectivity index (χ1v) is 6.99. The molecule has 0 bridgehead atoms. The van der Waals surface area contributed by atoms with Crippen molar-refractivity contribution >= 4 is 0 Å². The van der Waals surface area contributed by atoms with Crippen molar-refractivity contribution in [3.8, 4) is 0 Å². The molecule has 1 heterocycles. The van der Waals surface area contributed by atoms with Gasteiger partial charge in [0.15, 0.2) is 0 Å². The lowest BCUT2D eigenvalue weighted by atomic mass is 10.1. The van der Waals surface area contributed by atoms with Crippen LogP contribution in [0.25, 0.3) is 0 Å². The van der Waals surface area contributed by atoms with Crippen LogP contribution in [0.15, 0.2) is 24.3 Å². The van der Waals surface area contributed by atoms with Gasteiger partial charge in [-0.05, 0) is 25.5 Å². The van der Waals surface area contributed by atoms with E-state index in [-0.39, 0.29) is 18.0 Å². The monoisotopic (exact) mass is 267 g/mol. The summed E-state index contributed by atoms with van der Waals surface area (Å²) in [6, 6.07) is 6.85. The first-order valence-electron chi connectivity index (χ1n) is 6.99. The lowest BCUT2D eigenvalue weighted by molar-refractivity contribution is -0.0696. The Labute approximate surface area is 114 Å². The fourth-order valence-corrected chi connectivity index (χ4v) is 2.29. The van der Waals surface area contributed by atoms with Gasteiger partial charge in [0.25, 0.3) is 0 Å². The summed E-state index contributed by atoms with van der Waals surface area (Å²) in [6.45, 7) is 4.98. The number of likely N-dealkylation sites (N-methyl/N-ethyl adjacent to an activating group) is 1. The van der Waals surface area contributed by atoms with Crippen LogP contribution in [0.5, 0.6) is 0 Å². The van der Waals surface area contributed by atoms with Crippen LogP contribution in [0.4, 0.5) is 4.39 Å². The summed E-state index contributed by atoms with van der Waals surface area (Å²) in [7, 11) is 0. The fraction of sp³-hybridized carbons (Fsp3) is 0.600. The molecule has 1 saturated heterocycles. The molecule has 0 aliphatic carbocycles. The zero-order chi connectivity index (χ0) is 13.5. The molecule has 2 rings (SSSR count). The van der Waals surface area contributed by atoms with Gasteiger partial charge in [-0.15, -0.1) is 0 Å². The van der Waals surface area contributed by atoms with Crippen molar-refractivity contribution in [2.24, 2.45) is 0 Å². The molecule has 3 nitrogen and oxygen atoms in total. The molecule has 1 aliphatic rings. The molecule has 4 heteroatoms. The van der Waals surface area contributed by atoms with E-state index in [0.29, 0.717) is 12.1 Å². The smallest absolute Gasteiger partial charge is 0.129 e. The second kappa shape index (κ2) is 7.58. The average molecular weight is 267 g/mol. The molecule has 1 aromatic rings. The lowest BCUT2D eigenvalue weighted by Crippen LogP contribution is -2.30. The Morgan fingerprint density at radius 3 is 2.79 bits per heavy atom. The molecule has 1 aromatic carbocycles. The van der Waals surface area contributed by atoms with Gasteiger partial charge >= 0.3 is 0 Å². The number of hydrogen-bond acceptors (Lipinski definition) is 3. The number of rotatable bonds is 6. The Morgan fingerprint density at radius 1 is 1.37 bits per heavy atom. The van der Waals surface area contributed by atoms with E-state index in [1.165, 1.54) is 6.07 Å². The van der Waals surface area contributed by atoms with Crippen LogP contribution in [0, 0.1) is 5.82 Å². The summed E-state index contributed by atoms with van der Waals surface area (Å²) in [6.07, 6.45) is 1.70. The van der Waals surface area contributed by atoms with Crippen LogP contribution in [0.2, 0.25) is 0 Å². The maximum atomic E-state index is 13.9. The Bertz CT molecular complexity index is 380. The van der Waals surface area contributed by atoms with Crippen molar-refractivity contribution in [2.75, 3.05) is 26.3 Å². The number of benzene rings is 1. The van der Waals surface area contributed by atoms with Crippen LogP contribution in [-0.2, 0) is 9.47 Å². The van der Waals surface area contributed by atoms with Crippen molar-refractivity contribution in [2.45, 2.75) is 32.0 Å². The molecule has 106 valence electrons. The Kier molecular flexibility index (Phi) is 5.76. The van der Waals surface area contributed by atoms with Gasteiger partial charge in [-0.1, -0.05) is 25.1 Å². The van der Waals surface area contributed by atoms with Gasteiger partial charge in [0, 0.05) is 25.3 Å². The summed E-state index contributed by atoms with van der Waals surface area (Å²) >= 11 is 0. The molecule has 1 fully saturated rings. The third kappa shape index (κ3) is 4.27. The van der Waals surface area contributed by atoms with E-state index in [0.717, 1.165) is 32.6 Å². The molecule has 1 atom stereocenters. The van der Waals surface area contributed by atoms with Gasteiger partial charge in [-0.3, -0.25) is 0 Å². The Hall–Kier alpha value is -0.970. The normalized spacial score (nSPS) is 18.4. The molecule has 1 unspecified atom stereocenters. The van der Waals surface area contributed by atoms with E-state index in [4.69, 9.17) is 9.47 Å². The van der Waals surface area contributed by atoms with Crippen LogP contribution < -0.4 is 5.32 Å². The number of halogens is 1. The highest BCUT2D eigenvalue weighted by atomic mass is 19.1. The molecule has 19 heavy (non-hydrogen) atoms. The van der Waals surface area contributed by atoms with Gasteiger partial charge < -0.3 is 14.8 Å². The highest BCUT2D eigenvalue weighted by Gasteiger charge is 2.22. The molecule has 0 amide bonds. The minimum atomic E-state index is -0.232. The molecule has 1 N–H and O–H groups in total. The number of hydrogen-bond donors (Lipinski definition) is 1. The minimum Gasteiger partial charge on any atom is -0.381 e. The molecular formula is C15H22FNO2. The second-order valence-electron chi connectivity index (χ2n) is 4.77. The maximum absolute atomic E-state index is 13.9. The minimum absolute atomic E-state index is 0.164. The standard InChI is InChI=1S/C15H22FNO2/c1-2-17-11-15(13-5-3-4-6-14(13)16)19-12-7-9-18-10-8-12/h3-6,12,15,17H,2,7-11H2,1H3. The fourth-order valence-electron chi connectivity index (χ4n) is 2.29. The van der Waals surface area contributed by atoms with Crippen molar-refractivity contribution < 1.29 is 13.9 Å². The first kappa shape index (κ1) is 14.4. The summed E-state index contributed by atoms with van der Waals surface area (Å²) in [5, 5.41) is 3.24. The van der Waals surface area contributed by atoms with E-state index in [2.05, 4.69) is 5.32 Å². The molecule has 0 aromatic heterocycles. The van der Waals surface area contributed by atoms with Crippen molar-refractivity contribution in [1.82, 2.24) is 5.32 Å². The third-order valence-corrected chi connectivity index (χ3v) is 3.36. The molecule has 0 spiro atoms. The first-order chi connectivity index (χ1) is 9.31. The van der Waals surface area contributed by atoms with Crippen molar-refractivity contribution in [3.05, 3.63) is 35.6 Å². The second-order valence-corrected chi connectivity index (χ2v) is 4.77. The predicted octanol–water partition coefficient (Wildman–Crippen LogP) is 2.67. The number of ether oxygens (including phenoxy) is 2. The van der Waals surface area contributed by atoms with Crippen LogP contribution in [0.3, 0.4) is 0 Å². The van der Waals surface area contributed by atoms with Crippen LogP contribution in [-0.4, -0.2) is 32.4 Å². The molecule has 0 saturated carbocycles. The zero-order valence-electron chi connectivity index (χ0n) is 11.4. The predicted molar refractivity (Wildman–Crippen MR) is 72.6 cm³/mol. The lowest BCUT2D eigenvalue weighted by Gasteiger charge is -2.28. The summed E-state index contributed by atoms with van der Waals surface area (Å²) in [4.78, 5) is 0. The Balaban J connectivity index is 2.04. The van der Waals surface area contributed by atoms with Gasteiger partial charge in [-0.2, -0.15) is 0 Å². The highest BCUT2D eigenvalue weighted by Crippen LogP contribution is 2.24. The topological polar surface area (TPSA) is 30.5 Å². The van der Waals surface area contributed by atoms with Gasteiger partial charge in [0.05, 0.1) is 12.2 Å². The zero-order valence-corrected chi connectivity index (χ0v) is 11.4. The van der Waals surface area contributed by atoms with E-state index in [1.807, 2.05) is 13.0 Å². The largest absolute Gasteiger partial charge is 0.381 e. The van der Waals surface area contributed by atoms with Crippen molar-refractivity contribution in [3.63, 3.8) is 0 Å². The third-order valence-electron chi connectivity index (χ3n) is 3.36. The average Bonchev–Trinajstić information content (AvgIpc) is 2.45. The number of nitrogens with one attached hydrogen (secondary N) is 1. The molecular weight excluding hydrogens is 245 g/mol. The quantitative estimate of drug-likeness (QED) is 0.859. The van der Waals surface area contributed by atoms with Gasteiger partial charge in [0.1, 0.15) is 5.82 Å². The van der Waals surface area contributed by atoms with Crippen LogP contribution >= 0.6 is 0 Å².